The maximum Gasteiger partial charge on any atom is 0.356 e. The van der Waals surface area contributed by atoms with E-state index in [2.05, 4.69) is 44.6 Å². The molecule has 30 heavy (non-hydrogen) atoms. The minimum atomic E-state index is -0.993. The second-order valence-corrected chi connectivity index (χ2v) is 8.02. The summed E-state index contributed by atoms with van der Waals surface area (Å²) in [7, 11) is 1.77. The van der Waals surface area contributed by atoms with Gasteiger partial charge in [-0.1, -0.05) is 30.3 Å². The maximum atomic E-state index is 11.5. The van der Waals surface area contributed by atoms with Crippen molar-refractivity contribution >= 4 is 11.9 Å². The van der Waals surface area contributed by atoms with Crippen molar-refractivity contribution in [3.63, 3.8) is 0 Å². The summed E-state index contributed by atoms with van der Waals surface area (Å²) in [6.45, 7) is 2.92. The number of nitrogens with one attached hydrogen (secondary N) is 1. The van der Waals surface area contributed by atoms with Crippen molar-refractivity contribution in [3.05, 3.63) is 58.9 Å². The van der Waals surface area contributed by atoms with Crippen molar-refractivity contribution in [1.82, 2.24) is 24.6 Å². The predicted molar refractivity (Wildman–Crippen MR) is 112 cm³/mol. The number of aryl methyl sites for hydroxylation is 2. The number of rotatable bonds is 5. The van der Waals surface area contributed by atoms with Crippen LogP contribution in [0.2, 0.25) is 0 Å². The van der Waals surface area contributed by atoms with Crippen LogP contribution in [0.3, 0.4) is 0 Å². The van der Waals surface area contributed by atoms with E-state index >= 15 is 0 Å². The minimum absolute atomic E-state index is 0.124. The van der Waals surface area contributed by atoms with Crippen molar-refractivity contribution in [2.75, 3.05) is 18.4 Å². The zero-order chi connectivity index (χ0) is 20.7. The monoisotopic (exact) mass is 404 g/mol. The molecule has 1 fully saturated rings. The van der Waals surface area contributed by atoms with Crippen molar-refractivity contribution in [2.45, 2.75) is 31.8 Å². The lowest BCUT2D eigenvalue weighted by atomic mass is 9.93. The van der Waals surface area contributed by atoms with Gasteiger partial charge in [0, 0.05) is 44.5 Å². The molecule has 5 rings (SSSR count). The summed E-state index contributed by atoms with van der Waals surface area (Å²) in [5.41, 5.74) is 4.81. The van der Waals surface area contributed by atoms with Gasteiger partial charge in [-0.25, -0.2) is 14.8 Å². The molecular formula is C22H24N6O2. The number of carboxylic acids is 1. The first kappa shape index (κ1) is 18.7. The van der Waals surface area contributed by atoms with Crippen LogP contribution < -0.4 is 5.32 Å². The predicted octanol–water partition coefficient (Wildman–Crippen LogP) is 2.36. The van der Waals surface area contributed by atoms with E-state index in [9.17, 15) is 9.90 Å². The van der Waals surface area contributed by atoms with Crippen LogP contribution in [0.25, 0.3) is 11.4 Å². The van der Waals surface area contributed by atoms with Gasteiger partial charge in [0.15, 0.2) is 5.69 Å². The number of fused-ring (bicyclic) bond motifs is 3. The number of aromatic nitrogens is 4. The molecule has 3 aromatic rings. The molecule has 1 saturated heterocycles. The summed E-state index contributed by atoms with van der Waals surface area (Å²) in [5, 5.41) is 17.1. The van der Waals surface area contributed by atoms with E-state index < -0.39 is 5.97 Å². The molecule has 2 aromatic heterocycles. The largest absolute Gasteiger partial charge is 0.476 e. The van der Waals surface area contributed by atoms with Gasteiger partial charge in [-0.2, -0.15) is 5.10 Å². The lowest BCUT2D eigenvalue weighted by Crippen LogP contribution is -2.27. The number of carbonyl (C=O) groups is 1. The van der Waals surface area contributed by atoms with E-state index in [0.29, 0.717) is 12.4 Å². The second kappa shape index (κ2) is 7.53. The molecule has 2 N–H and O–H groups in total. The summed E-state index contributed by atoms with van der Waals surface area (Å²) in [6, 6.07) is 10.8. The van der Waals surface area contributed by atoms with Crippen molar-refractivity contribution in [1.29, 1.82) is 0 Å². The zero-order valence-electron chi connectivity index (χ0n) is 16.9. The number of aromatic carboxylic acids is 1. The highest BCUT2D eigenvalue weighted by atomic mass is 16.4. The Labute approximate surface area is 174 Å². The van der Waals surface area contributed by atoms with Gasteiger partial charge in [-0.05, 0) is 30.4 Å². The molecule has 0 bridgehead atoms. The molecule has 0 amide bonds. The van der Waals surface area contributed by atoms with Gasteiger partial charge in [-0.3, -0.25) is 9.58 Å². The van der Waals surface area contributed by atoms with Gasteiger partial charge < -0.3 is 10.4 Å². The SMILES string of the molecule is Cn1nc(C(=O)O)c2c1-c1nc(NC3CCN(Cc4ccccc4)C3)ncc1CC2. The summed E-state index contributed by atoms with van der Waals surface area (Å²) in [6.07, 6.45) is 4.26. The molecule has 1 aromatic carbocycles. The molecule has 0 radical (unpaired) electrons. The van der Waals surface area contributed by atoms with E-state index in [1.165, 1.54) is 5.56 Å². The normalized spacial score (nSPS) is 18.1. The highest BCUT2D eigenvalue weighted by Crippen LogP contribution is 2.34. The van der Waals surface area contributed by atoms with Crippen LogP contribution >= 0.6 is 0 Å². The Morgan fingerprint density at radius 1 is 1.27 bits per heavy atom. The maximum absolute atomic E-state index is 11.5. The molecule has 8 heteroatoms. The number of nitrogens with zero attached hydrogens (tertiary/aromatic N) is 5. The highest BCUT2D eigenvalue weighted by molar-refractivity contribution is 5.90. The summed E-state index contributed by atoms with van der Waals surface area (Å²) >= 11 is 0. The zero-order valence-corrected chi connectivity index (χ0v) is 16.9. The fourth-order valence-corrected chi connectivity index (χ4v) is 4.51. The van der Waals surface area contributed by atoms with Crippen LogP contribution in [0.5, 0.6) is 0 Å². The standard InChI is InChI=1S/C22H24N6O2/c1-27-20-17(19(26-27)21(29)30)8-7-15-11-23-22(25-18(15)20)24-16-9-10-28(13-16)12-14-5-3-2-4-6-14/h2-6,11,16H,7-10,12-13H2,1H3,(H,29,30)(H,23,24,25). The molecule has 0 saturated carbocycles. The first-order valence-corrected chi connectivity index (χ1v) is 10.3. The van der Waals surface area contributed by atoms with Crippen molar-refractivity contribution in [2.24, 2.45) is 7.05 Å². The number of carboxylic acid groups (broad SMARTS) is 1. The second-order valence-electron chi connectivity index (χ2n) is 8.02. The number of likely N-dealkylation sites (tertiary alicyclic amines) is 1. The first-order valence-electron chi connectivity index (χ1n) is 10.3. The Morgan fingerprint density at radius 2 is 2.10 bits per heavy atom. The van der Waals surface area contributed by atoms with Gasteiger partial charge in [0.1, 0.15) is 0 Å². The average Bonchev–Trinajstić information content (AvgIpc) is 3.33. The average molecular weight is 404 g/mol. The van der Waals surface area contributed by atoms with Crippen molar-refractivity contribution in [3.8, 4) is 11.4 Å². The number of benzene rings is 1. The van der Waals surface area contributed by atoms with Gasteiger partial charge in [0.25, 0.3) is 0 Å². The molecule has 3 heterocycles. The lowest BCUT2D eigenvalue weighted by Gasteiger charge is -2.19. The Kier molecular flexibility index (Phi) is 4.71. The Bertz CT molecular complexity index is 1090. The van der Waals surface area contributed by atoms with Crippen LogP contribution in [0, 0.1) is 0 Å². The fourth-order valence-electron chi connectivity index (χ4n) is 4.51. The van der Waals surface area contributed by atoms with Crippen LogP contribution in [-0.4, -0.2) is 54.9 Å². The highest BCUT2D eigenvalue weighted by Gasteiger charge is 2.29. The molecule has 8 nitrogen and oxygen atoms in total. The third-order valence-electron chi connectivity index (χ3n) is 5.94. The van der Waals surface area contributed by atoms with E-state index in [4.69, 9.17) is 4.98 Å². The molecule has 2 aliphatic rings. The van der Waals surface area contributed by atoms with Gasteiger partial charge in [0.05, 0.1) is 11.4 Å². The van der Waals surface area contributed by atoms with Crippen molar-refractivity contribution < 1.29 is 9.90 Å². The van der Waals surface area contributed by atoms with Gasteiger partial charge >= 0.3 is 5.97 Å². The molecule has 1 atom stereocenters. The molecule has 1 aliphatic heterocycles. The Morgan fingerprint density at radius 3 is 2.90 bits per heavy atom. The fraction of sp³-hybridized carbons (Fsp3) is 0.364. The van der Waals surface area contributed by atoms with Crippen LogP contribution in [0.15, 0.2) is 36.5 Å². The summed E-state index contributed by atoms with van der Waals surface area (Å²) < 4.78 is 1.63. The molecule has 154 valence electrons. The third-order valence-corrected chi connectivity index (χ3v) is 5.94. The molecule has 1 unspecified atom stereocenters. The number of anilines is 1. The van der Waals surface area contributed by atoms with E-state index in [1.807, 2.05) is 12.3 Å². The Hall–Kier alpha value is -3.26. The van der Waals surface area contributed by atoms with Gasteiger partial charge in [-0.15, -0.1) is 0 Å². The summed E-state index contributed by atoms with van der Waals surface area (Å²) in [5.74, 6) is -0.404. The van der Waals surface area contributed by atoms with E-state index in [0.717, 1.165) is 55.0 Å². The lowest BCUT2D eigenvalue weighted by molar-refractivity contribution is 0.0688. The van der Waals surface area contributed by atoms with E-state index in [-0.39, 0.29) is 11.7 Å². The van der Waals surface area contributed by atoms with Crippen LogP contribution in [-0.2, 0) is 26.4 Å². The smallest absolute Gasteiger partial charge is 0.356 e. The quantitative estimate of drug-likeness (QED) is 0.674. The summed E-state index contributed by atoms with van der Waals surface area (Å²) in [4.78, 5) is 23.3. The Balaban J connectivity index is 1.33. The molecular weight excluding hydrogens is 380 g/mol. The van der Waals surface area contributed by atoms with Gasteiger partial charge in [0.2, 0.25) is 5.95 Å². The van der Waals surface area contributed by atoms with Crippen LogP contribution in [0.4, 0.5) is 5.95 Å². The molecule has 1 aliphatic carbocycles. The van der Waals surface area contributed by atoms with E-state index in [1.54, 1.807) is 11.7 Å². The van der Waals surface area contributed by atoms with Crippen LogP contribution in [0.1, 0.15) is 33.6 Å². The molecule has 0 spiro atoms. The number of hydrogen-bond donors (Lipinski definition) is 2. The minimum Gasteiger partial charge on any atom is -0.476 e. The third kappa shape index (κ3) is 3.43. The topological polar surface area (TPSA) is 96.2 Å². The number of hydrogen-bond acceptors (Lipinski definition) is 6. The first-order chi connectivity index (χ1) is 14.6.